The van der Waals surface area contributed by atoms with E-state index in [1.54, 1.807) is 7.05 Å². The number of amides is 2. The largest absolute Gasteiger partial charge is 0.494 e. The van der Waals surface area contributed by atoms with E-state index in [1.807, 2.05) is 63.2 Å². The molecule has 144 valence electrons. The summed E-state index contributed by atoms with van der Waals surface area (Å²) in [5.41, 5.74) is 4.02. The molecule has 0 spiro atoms. The summed E-state index contributed by atoms with van der Waals surface area (Å²) in [7, 11) is 1.65. The van der Waals surface area contributed by atoms with Crippen LogP contribution >= 0.6 is 0 Å². The van der Waals surface area contributed by atoms with Crippen LogP contribution in [0.1, 0.15) is 29.5 Å². The van der Waals surface area contributed by atoms with E-state index < -0.39 is 0 Å². The van der Waals surface area contributed by atoms with E-state index in [1.165, 1.54) is 4.90 Å². The first kappa shape index (κ1) is 20.5. The summed E-state index contributed by atoms with van der Waals surface area (Å²) in [5, 5.41) is 2.92. The molecule has 27 heavy (non-hydrogen) atoms. The maximum atomic E-state index is 12.3. The molecular formula is C22H28N2O3. The maximum Gasteiger partial charge on any atom is 0.243 e. The molecule has 0 atom stereocenters. The Bertz CT molecular complexity index is 764. The average Bonchev–Trinajstić information content (AvgIpc) is 2.62. The Morgan fingerprint density at radius 1 is 1.04 bits per heavy atom. The van der Waals surface area contributed by atoms with Gasteiger partial charge >= 0.3 is 0 Å². The first-order chi connectivity index (χ1) is 12.9. The molecule has 0 radical (unpaired) electrons. The summed E-state index contributed by atoms with van der Waals surface area (Å²) in [6, 6.07) is 13.6. The molecule has 0 aliphatic carbocycles. The molecule has 0 saturated carbocycles. The quantitative estimate of drug-likeness (QED) is 0.720. The highest BCUT2D eigenvalue weighted by Crippen LogP contribution is 2.21. The summed E-state index contributed by atoms with van der Waals surface area (Å²) in [5.74, 6) is 0.530. The molecule has 5 heteroatoms. The normalized spacial score (nSPS) is 10.4. The molecule has 0 bridgehead atoms. The Hall–Kier alpha value is -2.82. The SMILES string of the molecule is Cc1cc(C)c(NC(=O)CN(C)C(=O)CCCOc2ccccc2)c(C)c1. The molecule has 1 N–H and O–H groups in total. The Morgan fingerprint density at radius 2 is 1.67 bits per heavy atom. The van der Waals surface area contributed by atoms with Crippen LogP contribution in [0.3, 0.4) is 0 Å². The molecule has 2 aromatic carbocycles. The fourth-order valence-corrected chi connectivity index (χ4v) is 2.98. The highest BCUT2D eigenvalue weighted by Gasteiger charge is 2.14. The first-order valence-electron chi connectivity index (χ1n) is 9.16. The smallest absolute Gasteiger partial charge is 0.243 e. The van der Waals surface area contributed by atoms with E-state index in [-0.39, 0.29) is 18.4 Å². The van der Waals surface area contributed by atoms with Crippen molar-refractivity contribution in [3.8, 4) is 5.75 Å². The van der Waals surface area contributed by atoms with Crippen molar-refractivity contribution in [1.29, 1.82) is 0 Å². The zero-order valence-corrected chi connectivity index (χ0v) is 16.5. The molecule has 0 aromatic heterocycles. The number of hydrogen-bond donors (Lipinski definition) is 1. The number of nitrogens with one attached hydrogen (secondary N) is 1. The van der Waals surface area contributed by atoms with E-state index in [4.69, 9.17) is 4.74 Å². The number of aryl methyl sites for hydroxylation is 3. The number of ether oxygens (including phenoxy) is 1. The zero-order valence-electron chi connectivity index (χ0n) is 16.5. The molecule has 0 saturated heterocycles. The lowest BCUT2D eigenvalue weighted by Crippen LogP contribution is -2.35. The molecule has 0 aliphatic rings. The van der Waals surface area contributed by atoms with Crippen LogP contribution in [0.5, 0.6) is 5.75 Å². The second kappa shape index (κ2) is 9.76. The van der Waals surface area contributed by atoms with Crippen molar-refractivity contribution in [3.05, 3.63) is 59.2 Å². The van der Waals surface area contributed by atoms with Gasteiger partial charge in [0.25, 0.3) is 0 Å². The minimum absolute atomic E-state index is 0.0329. The minimum Gasteiger partial charge on any atom is -0.494 e. The standard InChI is InChI=1S/C22H28N2O3/c1-16-13-17(2)22(18(3)14-16)23-20(25)15-24(4)21(26)11-8-12-27-19-9-6-5-7-10-19/h5-7,9-10,13-14H,8,11-12,15H2,1-4H3,(H,23,25). The van der Waals surface area contributed by atoms with Gasteiger partial charge in [0.15, 0.2) is 0 Å². The fourth-order valence-electron chi connectivity index (χ4n) is 2.98. The molecule has 2 amide bonds. The highest BCUT2D eigenvalue weighted by molar-refractivity contribution is 5.95. The number of likely N-dealkylation sites (N-methyl/N-ethyl adjacent to an activating group) is 1. The highest BCUT2D eigenvalue weighted by atomic mass is 16.5. The Kier molecular flexibility index (Phi) is 7.41. The van der Waals surface area contributed by atoms with Crippen LogP contribution in [-0.4, -0.2) is 36.9 Å². The van der Waals surface area contributed by atoms with E-state index in [0.717, 1.165) is 28.1 Å². The summed E-state index contributed by atoms with van der Waals surface area (Å²) < 4.78 is 5.58. The van der Waals surface area contributed by atoms with E-state index in [9.17, 15) is 9.59 Å². The van der Waals surface area contributed by atoms with Crippen molar-refractivity contribution < 1.29 is 14.3 Å². The van der Waals surface area contributed by atoms with Gasteiger partial charge in [-0.25, -0.2) is 0 Å². The van der Waals surface area contributed by atoms with Crippen molar-refractivity contribution in [3.63, 3.8) is 0 Å². The van der Waals surface area contributed by atoms with Crippen LogP contribution in [0, 0.1) is 20.8 Å². The van der Waals surface area contributed by atoms with Gasteiger partial charge < -0.3 is 15.0 Å². The lowest BCUT2D eigenvalue weighted by molar-refractivity contribution is -0.133. The van der Waals surface area contributed by atoms with Crippen LogP contribution in [0.15, 0.2) is 42.5 Å². The van der Waals surface area contributed by atoms with Crippen LogP contribution in [0.2, 0.25) is 0 Å². The topological polar surface area (TPSA) is 58.6 Å². The average molecular weight is 368 g/mol. The minimum atomic E-state index is -0.193. The number of hydrogen-bond acceptors (Lipinski definition) is 3. The number of rotatable bonds is 8. The molecule has 5 nitrogen and oxygen atoms in total. The van der Waals surface area contributed by atoms with E-state index in [0.29, 0.717) is 19.4 Å². The van der Waals surface area contributed by atoms with Gasteiger partial charge in [-0.15, -0.1) is 0 Å². The predicted molar refractivity (Wildman–Crippen MR) is 108 cm³/mol. The first-order valence-corrected chi connectivity index (χ1v) is 9.16. The molecule has 0 fully saturated rings. The Morgan fingerprint density at radius 3 is 2.30 bits per heavy atom. The van der Waals surface area contributed by atoms with Crippen LogP contribution in [0.25, 0.3) is 0 Å². The second-order valence-corrected chi connectivity index (χ2v) is 6.84. The Labute approximate surface area is 161 Å². The van der Waals surface area contributed by atoms with Crippen molar-refractivity contribution in [2.45, 2.75) is 33.6 Å². The van der Waals surface area contributed by atoms with Crippen LogP contribution in [-0.2, 0) is 9.59 Å². The van der Waals surface area contributed by atoms with Gasteiger partial charge in [0.2, 0.25) is 11.8 Å². The lowest BCUT2D eigenvalue weighted by Gasteiger charge is -2.18. The van der Waals surface area contributed by atoms with Gasteiger partial charge in [-0.05, 0) is 50.5 Å². The third-order valence-corrected chi connectivity index (χ3v) is 4.29. The monoisotopic (exact) mass is 368 g/mol. The number of nitrogens with zero attached hydrogens (tertiary/aromatic N) is 1. The van der Waals surface area contributed by atoms with E-state index in [2.05, 4.69) is 5.32 Å². The fraction of sp³-hybridized carbons (Fsp3) is 0.364. The number of anilines is 1. The summed E-state index contributed by atoms with van der Waals surface area (Å²) in [6.45, 7) is 6.47. The van der Waals surface area contributed by atoms with Gasteiger partial charge in [0, 0.05) is 19.2 Å². The molecular weight excluding hydrogens is 340 g/mol. The summed E-state index contributed by atoms with van der Waals surface area (Å²) in [4.78, 5) is 26.0. The molecule has 0 unspecified atom stereocenters. The summed E-state index contributed by atoms with van der Waals surface area (Å²) >= 11 is 0. The molecule has 2 aromatic rings. The van der Waals surface area contributed by atoms with Crippen molar-refractivity contribution in [1.82, 2.24) is 4.90 Å². The second-order valence-electron chi connectivity index (χ2n) is 6.84. The van der Waals surface area contributed by atoms with Gasteiger partial charge in [0.05, 0.1) is 13.2 Å². The van der Waals surface area contributed by atoms with Crippen LogP contribution < -0.4 is 10.1 Å². The molecule has 0 heterocycles. The van der Waals surface area contributed by atoms with Crippen molar-refractivity contribution in [2.75, 3.05) is 25.5 Å². The van der Waals surface area contributed by atoms with Gasteiger partial charge in [0.1, 0.15) is 5.75 Å². The zero-order chi connectivity index (χ0) is 19.8. The number of carbonyl (C=O) groups excluding carboxylic acids is 2. The molecule has 2 rings (SSSR count). The van der Waals surface area contributed by atoms with Crippen LogP contribution in [0.4, 0.5) is 5.69 Å². The Balaban J connectivity index is 1.76. The van der Waals surface area contributed by atoms with Crippen molar-refractivity contribution in [2.24, 2.45) is 0 Å². The number of benzene rings is 2. The molecule has 0 aliphatic heterocycles. The predicted octanol–water partition coefficient (Wildman–Crippen LogP) is 3.87. The van der Waals surface area contributed by atoms with Crippen molar-refractivity contribution >= 4 is 17.5 Å². The number of para-hydroxylation sites is 1. The lowest BCUT2D eigenvalue weighted by atomic mass is 10.1. The van der Waals surface area contributed by atoms with Gasteiger partial charge in [-0.2, -0.15) is 0 Å². The van der Waals surface area contributed by atoms with E-state index >= 15 is 0 Å². The summed E-state index contributed by atoms with van der Waals surface area (Å²) in [6.07, 6.45) is 0.953. The van der Waals surface area contributed by atoms with Gasteiger partial charge in [-0.3, -0.25) is 9.59 Å². The maximum absolute atomic E-state index is 12.3. The van der Waals surface area contributed by atoms with Gasteiger partial charge in [-0.1, -0.05) is 35.9 Å². The third-order valence-electron chi connectivity index (χ3n) is 4.29. The third kappa shape index (κ3) is 6.44. The number of carbonyl (C=O) groups is 2.